The summed E-state index contributed by atoms with van der Waals surface area (Å²) in [7, 11) is 1.34. The number of carbonyl (C=O) groups is 2. The van der Waals surface area contributed by atoms with Gasteiger partial charge in [0, 0.05) is 28.3 Å². The van der Waals surface area contributed by atoms with E-state index in [0.717, 1.165) is 20.4 Å². The molecule has 30 heavy (non-hydrogen) atoms. The van der Waals surface area contributed by atoms with Gasteiger partial charge in [0.25, 0.3) is 0 Å². The molecule has 5 nitrogen and oxygen atoms in total. The summed E-state index contributed by atoms with van der Waals surface area (Å²) in [4.78, 5) is 26.1. The van der Waals surface area contributed by atoms with Crippen LogP contribution in [0.3, 0.4) is 0 Å². The van der Waals surface area contributed by atoms with Crippen LogP contribution in [0, 0.1) is 15.9 Å². The summed E-state index contributed by atoms with van der Waals surface area (Å²) in [6.45, 7) is 1.99. The second-order valence-corrected chi connectivity index (χ2v) is 8.10. The van der Waals surface area contributed by atoms with E-state index in [9.17, 15) is 9.59 Å². The van der Waals surface area contributed by atoms with Crippen molar-refractivity contribution < 1.29 is 19.1 Å². The highest BCUT2D eigenvalue weighted by Crippen LogP contribution is 2.47. The Morgan fingerprint density at radius 2 is 1.97 bits per heavy atom. The standard InChI is InChI=1S/C24H18INO4/c1-4-11-30-18-10-9-14(12-17(18)25)20-19(24(28)29-3)13(2)26-22-15-7-5-6-8-16(15)23(27)21(20)22/h1,5-10,12,20,26H,11H2,2-3H3/t20-/m0/s1. The molecule has 6 heteroatoms. The van der Waals surface area contributed by atoms with Crippen molar-refractivity contribution in [3.05, 3.63) is 79.6 Å². The maximum Gasteiger partial charge on any atom is 0.336 e. The lowest BCUT2D eigenvalue weighted by Crippen LogP contribution is -2.29. The van der Waals surface area contributed by atoms with Crippen LogP contribution in [0.25, 0.3) is 5.70 Å². The number of ketones is 1. The number of esters is 1. The van der Waals surface area contributed by atoms with E-state index in [1.165, 1.54) is 7.11 Å². The molecule has 0 radical (unpaired) electrons. The zero-order valence-corrected chi connectivity index (χ0v) is 18.6. The van der Waals surface area contributed by atoms with Gasteiger partial charge in [-0.15, -0.1) is 6.42 Å². The van der Waals surface area contributed by atoms with E-state index in [4.69, 9.17) is 15.9 Å². The summed E-state index contributed by atoms with van der Waals surface area (Å²) in [6.07, 6.45) is 5.29. The SMILES string of the molecule is C#CCOc1ccc([C@H]2C(C(=O)OC)=C(C)NC3=C2C(=O)c2ccccc23)cc1I. The monoisotopic (exact) mass is 511 g/mol. The van der Waals surface area contributed by atoms with E-state index in [1.807, 2.05) is 49.4 Å². The third-order valence-corrected chi connectivity index (χ3v) is 6.10. The molecule has 1 N–H and O–H groups in total. The number of benzene rings is 2. The van der Waals surface area contributed by atoms with E-state index in [0.29, 0.717) is 28.2 Å². The number of rotatable bonds is 4. The van der Waals surface area contributed by atoms with Gasteiger partial charge >= 0.3 is 5.97 Å². The Kier molecular flexibility index (Phi) is 5.39. The molecule has 0 saturated heterocycles. The number of carbonyl (C=O) groups excluding carboxylic acids is 2. The molecule has 2 aromatic carbocycles. The lowest BCUT2D eigenvalue weighted by Gasteiger charge is -2.29. The van der Waals surface area contributed by atoms with Crippen molar-refractivity contribution in [2.75, 3.05) is 13.7 Å². The highest BCUT2D eigenvalue weighted by Gasteiger charge is 2.42. The third kappa shape index (κ3) is 3.19. The van der Waals surface area contributed by atoms with E-state index in [2.05, 4.69) is 33.8 Å². The molecule has 1 heterocycles. The molecule has 0 unspecified atom stereocenters. The first-order chi connectivity index (χ1) is 14.5. The van der Waals surface area contributed by atoms with Gasteiger partial charge in [0.05, 0.1) is 22.0 Å². The molecule has 1 aliphatic carbocycles. The highest BCUT2D eigenvalue weighted by atomic mass is 127. The third-order valence-electron chi connectivity index (χ3n) is 5.25. The number of hydrogen-bond acceptors (Lipinski definition) is 5. The quantitative estimate of drug-likeness (QED) is 0.382. The largest absolute Gasteiger partial charge is 0.480 e. The van der Waals surface area contributed by atoms with Crippen LogP contribution in [0.2, 0.25) is 0 Å². The normalized spacial score (nSPS) is 17.1. The Balaban J connectivity index is 1.89. The van der Waals surface area contributed by atoms with Crippen molar-refractivity contribution in [2.24, 2.45) is 0 Å². The minimum absolute atomic E-state index is 0.0883. The Morgan fingerprint density at radius 1 is 1.23 bits per heavy atom. The molecule has 0 spiro atoms. The van der Waals surface area contributed by atoms with Crippen LogP contribution in [0.4, 0.5) is 0 Å². The van der Waals surface area contributed by atoms with Crippen LogP contribution in [0.5, 0.6) is 5.75 Å². The molecule has 0 amide bonds. The summed E-state index contributed by atoms with van der Waals surface area (Å²) in [6, 6.07) is 13.0. The number of methoxy groups -OCH3 is 1. The van der Waals surface area contributed by atoms with E-state index >= 15 is 0 Å². The summed E-state index contributed by atoms with van der Waals surface area (Å²) in [5, 5.41) is 3.27. The van der Waals surface area contributed by atoms with Crippen molar-refractivity contribution in [1.82, 2.24) is 5.32 Å². The fourth-order valence-corrected chi connectivity index (χ4v) is 4.67. The Labute approximate surface area is 188 Å². The number of Topliss-reactive ketones (excluding diaryl/α,β-unsaturated/α-hetero) is 1. The molecular formula is C24H18INO4. The van der Waals surface area contributed by atoms with Gasteiger partial charge in [-0.1, -0.05) is 36.3 Å². The molecule has 150 valence electrons. The maximum atomic E-state index is 13.3. The number of hydrogen-bond donors (Lipinski definition) is 1. The van der Waals surface area contributed by atoms with Crippen LogP contribution in [0.15, 0.2) is 59.3 Å². The number of ether oxygens (including phenoxy) is 2. The lowest BCUT2D eigenvalue weighted by molar-refractivity contribution is -0.136. The molecular weight excluding hydrogens is 493 g/mol. The zero-order chi connectivity index (χ0) is 21.4. The Morgan fingerprint density at radius 3 is 2.63 bits per heavy atom. The predicted molar refractivity (Wildman–Crippen MR) is 122 cm³/mol. The van der Waals surface area contributed by atoms with Crippen molar-refractivity contribution in [3.8, 4) is 18.1 Å². The van der Waals surface area contributed by atoms with Gasteiger partial charge in [-0.2, -0.15) is 0 Å². The van der Waals surface area contributed by atoms with Crippen LogP contribution in [0.1, 0.15) is 34.3 Å². The number of dihydropyridines is 1. The van der Waals surface area contributed by atoms with Crippen LogP contribution >= 0.6 is 22.6 Å². The van der Waals surface area contributed by atoms with E-state index < -0.39 is 11.9 Å². The van der Waals surface area contributed by atoms with Gasteiger partial charge in [-0.25, -0.2) is 4.79 Å². The minimum atomic E-state index is -0.552. The lowest BCUT2D eigenvalue weighted by atomic mass is 9.80. The van der Waals surface area contributed by atoms with Gasteiger partial charge in [0.2, 0.25) is 0 Å². The number of fused-ring (bicyclic) bond motifs is 2. The number of halogens is 1. The molecule has 0 aromatic heterocycles. The van der Waals surface area contributed by atoms with Gasteiger partial charge in [0.1, 0.15) is 12.4 Å². The molecule has 1 aliphatic heterocycles. The second-order valence-electron chi connectivity index (χ2n) is 6.93. The molecule has 0 fully saturated rings. The minimum Gasteiger partial charge on any atom is -0.480 e. The Hall–Kier alpha value is -3.05. The second kappa shape index (κ2) is 8.00. The van der Waals surface area contributed by atoms with Crippen LogP contribution in [-0.2, 0) is 9.53 Å². The van der Waals surface area contributed by atoms with Crippen LogP contribution in [-0.4, -0.2) is 25.5 Å². The van der Waals surface area contributed by atoms with Gasteiger partial charge in [0.15, 0.2) is 5.78 Å². The van der Waals surface area contributed by atoms with Gasteiger partial charge in [-0.05, 0) is 47.2 Å². The van der Waals surface area contributed by atoms with Crippen molar-refractivity contribution in [3.63, 3.8) is 0 Å². The molecule has 0 bridgehead atoms. The highest BCUT2D eigenvalue weighted by molar-refractivity contribution is 14.1. The van der Waals surface area contributed by atoms with Gasteiger partial charge < -0.3 is 14.8 Å². The van der Waals surface area contributed by atoms with E-state index in [-0.39, 0.29) is 12.4 Å². The van der Waals surface area contributed by atoms with Crippen molar-refractivity contribution >= 4 is 40.0 Å². The summed E-state index contributed by atoms with van der Waals surface area (Å²) in [5.74, 6) is 1.99. The average molecular weight is 511 g/mol. The molecule has 4 rings (SSSR count). The first kappa shape index (κ1) is 20.2. The molecule has 0 saturated carbocycles. The topological polar surface area (TPSA) is 64.6 Å². The van der Waals surface area contributed by atoms with Crippen molar-refractivity contribution in [2.45, 2.75) is 12.8 Å². The molecule has 1 atom stereocenters. The number of allylic oxidation sites excluding steroid dienone is 2. The summed E-state index contributed by atoms with van der Waals surface area (Å²) >= 11 is 2.16. The number of terminal acetylenes is 1. The fourth-order valence-electron chi connectivity index (χ4n) is 3.98. The first-order valence-corrected chi connectivity index (χ1v) is 10.4. The Bertz CT molecular complexity index is 1190. The molecule has 2 aliphatic rings. The fraction of sp³-hybridized carbons (Fsp3) is 0.167. The summed E-state index contributed by atoms with van der Waals surface area (Å²) < 4.78 is 11.5. The number of nitrogens with one attached hydrogen (secondary N) is 1. The predicted octanol–water partition coefficient (Wildman–Crippen LogP) is 4.04. The van der Waals surface area contributed by atoms with Crippen LogP contribution < -0.4 is 10.1 Å². The maximum absolute atomic E-state index is 13.3. The molecule has 2 aromatic rings. The van der Waals surface area contributed by atoms with Gasteiger partial charge in [-0.3, -0.25) is 4.79 Å². The average Bonchev–Trinajstić information content (AvgIpc) is 3.03. The smallest absolute Gasteiger partial charge is 0.336 e. The van der Waals surface area contributed by atoms with E-state index in [1.54, 1.807) is 0 Å². The zero-order valence-electron chi connectivity index (χ0n) is 16.4. The summed E-state index contributed by atoms with van der Waals surface area (Å²) in [5.41, 5.74) is 4.66. The first-order valence-electron chi connectivity index (χ1n) is 9.28. The van der Waals surface area contributed by atoms with Crippen molar-refractivity contribution in [1.29, 1.82) is 0 Å².